The van der Waals surface area contributed by atoms with Gasteiger partial charge in [0, 0.05) is 3.57 Å². The Morgan fingerprint density at radius 3 is 2.00 bits per heavy atom. The zero-order chi connectivity index (χ0) is 25.6. The molecule has 2 aromatic rings. The van der Waals surface area contributed by atoms with Crippen LogP contribution in [0.5, 0.6) is 5.75 Å². The summed E-state index contributed by atoms with van der Waals surface area (Å²) < 4.78 is 126. The van der Waals surface area contributed by atoms with Gasteiger partial charge in [0.05, 0.1) is 23.7 Å². The molecule has 0 bridgehead atoms. The molecule has 14 heteroatoms. The van der Waals surface area contributed by atoms with Crippen LogP contribution in [0.25, 0.3) is 0 Å². The summed E-state index contributed by atoms with van der Waals surface area (Å²) in [5, 5.41) is 0. The third-order valence-corrected chi connectivity index (χ3v) is 5.97. The molecule has 1 aliphatic heterocycles. The molecule has 0 radical (unpaired) electrons. The van der Waals surface area contributed by atoms with Crippen LogP contribution in [0.4, 0.5) is 44.3 Å². The van der Waals surface area contributed by atoms with Crippen LogP contribution >= 0.6 is 22.6 Å². The lowest BCUT2D eigenvalue weighted by Gasteiger charge is -2.23. The van der Waals surface area contributed by atoms with Crippen molar-refractivity contribution in [1.82, 2.24) is 4.90 Å². The first kappa shape index (κ1) is 26.2. The lowest BCUT2D eigenvalue weighted by molar-refractivity contribution is -0.274. The standard InChI is InChI=1S/C20H13F9INO3/c1-9-16(10-4-12(18(21,22)23)7-13(5-10)19(24,25)26)33-17(32)31(9)8-11-6-14(2-3-15(11)30)34-20(27,28)29/h2-7,9,16H,8H2,1H3/t9-,16?/m0/s1. The van der Waals surface area contributed by atoms with Crippen LogP contribution in [-0.4, -0.2) is 23.4 Å². The fourth-order valence-electron chi connectivity index (χ4n) is 3.36. The van der Waals surface area contributed by atoms with E-state index in [-0.39, 0.29) is 18.2 Å². The van der Waals surface area contributed by atoms with Gasteiger partial charge in [-0.25, -0.2) is 4.79 Å². The van der Waals surface area contributed by atoms with Gasteiger partial charge in [-0.3, -0.25) is 4.90 Å². The Bertz CT molecular complexity index is 1050. The molecule has 0 spiro atoms. The van der Waals surface area contributed by atoms with Crippen molar-refractivity contribution in [3.63, 3.8) is 0 Å². The maximum atomic E-state index is 13.2. The van der Waals surface area contributed by atoms with E-state index in [2.05, 4.69) is 4.74 Å². The summed E-state index contributed by atoms with van der Waals surface area (Å²) in [6.07, 6.45) is -17.7. The van der Waals surface area contributed by atoms with Crippen molar-refractivity contribution in [1.29, 1.82) is 0 Å². The molecule has 0 aromatic heterocycles. The van der Waals surface area contributed by atoms with Crippen molar-refractivity contribution < 1.29 is 53.8 Å². The highest BCUT2D eigenvalue weighted by Crippen LogP contribution is 2.41. The highest BCUT2D eigenvalue weighted by Gasteiger charge is 2.43. The second-order valence-electron chi connectivity index (χ2n) is 7.31. The van der Waals surface area contributed by atoms with Crippen molar-refractivity contribution in [2.75, 3.05) is 0 Å². The van der Waals surface area contributed by atoms with Gasteiger partial charge in [-0.05, 0) is 77.0 Å². The maximum absolute atomic E-state index is 13.2. The van der Waals surface area contributed by atoms with Gasteiger partial charge in [0.1, 0.15) is 11.9 Å². The minimum atomic E-state index is -5.09. The Labute approximate surface area is 199 Å². The average Bonchev–Trinajstić information content (AvgIpc) is 2.96. The lowest BCUT2D eigenvalue weighted by atomic mass is 9.97. The minimum absolute atomic E-state index is 0.0444. The number of hydrogen-bond donors (Lipinski definition) is 0. The van der Waals surface area contributed by atoms with Crippen LogP contribution in [0.15, 0.2) is 36.4 Å². The smallest absolute Gasteiger partial charge is 0.439 e. The third kappa shape index (κ3) is 5.99. The second-order valence-corrected chi connectivity index (χ2v) is 8.48. The fourth-order valence-corrected chi connectivity index (χ4v) is 3.86. The number of nitrogens with zero attached hydrogens (tertiary/aromatic N) is 1. The molecular weight excluding hydrogens is 600 g/mol. The van der Waals surface area contributed by atoms with Crippen LogP contribution in [0.3, 0.4) is 0 Å². The van der Waals surface area contributed by atoms with Crippen LogP contribution in [0.2, 0.25) is 0 Å². The van der Waals surface area contributed by atoms with Gasteiger partial charge >= 0.3 is 24.8 Å². The van der Waals surface area contributed by atoms with E-state index in [4.69, 9.17) is 4.74 Å². The molecule has 3 rings (SSSR count). The van der Waals surface area contributed by atoms with Gasteiger partial charge in [-0.15, -0.1) is 13.2 Å². The molecule has 1 amide bonds. The molecule has 0 saturated carbocycles. The summed E-state index contributed by atoms with van der Waals surface area (Å²) in [5.74, 6) is -0.563. The van der Waals surface area contributed by atoms with E-state index in [1.54, 1.807) is 22.6 Å². The van der Waals surface area contributed by atoms with Crippen molar-refractivity contribution in [3.05, 3.63) is 62.2 Å². The molecular formula is C20H13F9INO3. The molecule has 1 heterocycles. The number of alkyl halides is 9. The normalized spacial score (nSPS) is 19.4. The zero-order valence-corrected chi connectivity index (χ0v) is 18.9. The number of benzene rings is 2. The number of halogens is 10. The van der Waals surface area contributed by atoms with Gasteiger partial charge < -0.3 is 9.47 Å². The predicted molar refractivity (Wildman–Crippen MR) is 107 cm³/mol. The first-order valence-corrected chi connectivity index (χ1v) is 10.3. The molecule has 2 aromatic carbocycles. The van der Waals surface area contributed by atoms with Gasteiger partial charge in [-0.2, -0.15) is 26.3 Å². The van der Waals surface area contributed by atoms with E-state index in [1.165, 1.54) is 13.0 Å². The summed E-state index contributed by atoms with van der Waals surface area (Å²) in [7, 11) is 0. The largest absolute Gasteiger partial charge is 0.573 e. The van der Waals surface area contributed by atoms with Gasteiger partial charge in [-0.1, -0.05) is 0 Å². The summed E-state index contributed by atoms with van der Waals surface area (Å²) in [5.41, 5.74) is -3.45. The summed E-state index contributed by atoms with van der Waals surface area (Å²) in [6.45, 7) is 1.01. The molecule has 1 aliphatic rings. The first-order valence-electron chi connectivity index (χ1n) is 9.26. The van der Waals surface area contributed by atoms with Crippen molar-refractivity contribution in [2.45, 2.75) is 44.3 Å². The number of carbonyl (C=O) groups excluding carboxylic acids is 1. The van der Waals surface area contributed by atoms with Crippen LogP contribution in [0.1, 0.15) is 35.3 Å². The zero-order valence-electron chi connectivity index (χ0n) is 16.8. The maximum Gasteiger partial charge on any atom is 0.573 e. The van der Waals surface area contributed by atoms with Crippen molar-refractivity contribution in [3.8, 4) is 5.75 Å². The summed E-state index contributed by atoms with van der Waals surface area (Å²) >= 11 is 1.79. The van der Waals surface area contributed by atoms with Gasteiger partial charge in [0.25, 0.3) is 0 Å². The Morgan fingerprint density at radius 1 is 0.941 bits per heavy atom. The second kappa shape index (κ2) is 9.00. The minimum Gasteiger partial charge on any atom is -0.439 e. The summed E-state index contributed by atoms with van der Waals surface area (Å²) in [4.78, 5) is 13.4. The number of rotatable bonds is 4. The van der Waals surface area contributed by atoms with Gasteiger partial charge in [0.15, 0.2) is 0 Å². The Hall–Kier alpha value is -2.39. The van der Waals surface area contributed by atoms with Crippen molar-refractivity contribution >= 4 is 28.7 Å². The lowest BCUT2D eigenvalue weighted by Crippen LogP contribution is -2.32. The fraction of sp³-hybridized carbons (Fsp3) is 0.350. The molecule has 1 fully saturated rings. The Balaban J connectivity index is 1.93. The number of carbonyl (C=O) groups is 1. The predicted octanol–water partition coefficient (Wildman–Crippen LogP) is 7.31. The number of cyclic esters (lactones) is 1. The van der Waals surface area contributed by atoms with E-state index in [9.17, 15) is 44.3 Å². The molecule has 1 saturated heterocycles. The molecule has 1 unspecified atom stereocenters. The average molecular weight is 613 g/mol. The van der Waals surface area contributed by atoms with E-state index < -0.39 is 59.4 Å². The molecule has 4 nitrogen and oxygen atoms in total. The van der Waals surface area contributed by atoms with Gasteiger partial charge in [0.2, 0.25) is 0 Å². The number of ether oxygens (including phenoxy) is 2. The third-order valence-electron chi connectivity index (χ3n) is 4.92. The molecule has 186 valence electrons. The molecule has 2 atom stereocenters. The van der Waals surface area contributed by atoms with E-state index in [0.717, 1.165) is 17.0 Å². The molecule has 0 N–H and O–H groups in total. The van der Waals surface area contributed by atoms with Crippen molar-refractivity contribution in [2.24, 2.45) is 0 Å². The highest BCUT2D eigenvalue weighted by molar-refractivity contribution is 14.1. The molecule has 34 heavy (non-hydrogen) atoms. The van der Waals surface area contributed by atoms with E-state index in [1.807, 2.05) is 0 Å². The van der Waals surface area contributed by atoms with Crippen LogP contribution in [0, 0.1) is 3.57 Å². The number of hydrogen-bond acceptors (Lipinski definition) is 3. The highest BCUT2D eigenvalue weighted by atomic mass is 127. The first-order chi connectivity index (χ1) is 15.5. The topological polar surface area (TPSA) is 38.8 Å². The Morgan fingerprint density at radius 2 is 1.50 bits per heavy atom. The van der Waals surface area contributed by atoms with E-state index >= 15 is 0 Å². The molecule has 0 aliphatic carbocycles. The quantitative estimate of drug-likeness (QED) is 0.268. The van der Waals surface area contributed by atoms with Crippen LogP contribution < -0.4 is 4.74 Å². The van der Waals surface area contributed by atoms with Crippen LogP contribution in [-0.2, 0) is 23.6 Å². The number of amides is 1. The SMILES string of the molecule is C[C@H]1C(c2cc(C(F)(F)F)cc(C(F)(F)F)c2)OC(=O)N1Cc1cc(OC(F)(F)F)ccc1I. The summed E-state index contributed by atoms with van der Waals surface area (Å²) in [6, 6.07) is 3.22. The monoisotopic (exact) mass is 613 g/mol. The Kier molecular flexibility index (Phi) is 6.94. The van der Waals surface area contributed by atoms with E-state index in [0.29, 0.717) is 15.7 Å².